The fraction of sp³-hybridized carbons (Fsp3) is 0.533. The van der Waals surface area contributed by atoms with Gasteiger partial charge in [-0.1, -0.05) is 0 Å². The van der Waals surface area contributed by atoms with E-state index in [0.29, 0.717) is 11.4 Å². The third kappa shape index (κ3) is 3.26. The van der Waals surface area contributed by atoms with Gasteiger partial charge in [-0.15, -0.1) is 0 Å². The van der Waals surface area contributed by atoms with E-state index in [1.807, 2.05) is 4.90 Å². The zero-order chi connectivity index (χ0) is 15.8. The van der Waals surface area contributed by atoms with E-state index in [2.05, 4.69) is 25.7 Å². The summed E-state index contributed by atoms with van der Waals surface area (Å²) in [5, 5.41) is 8.90. The van der Waals surface area contributed by atoms with E-state index < -0.39 is 11.8 Å². The highest BCUT2D eigenvalue weighted by Gasteiger charge is 2.27. The van der Waals surface area contributed by atoms with Crippen LogP contribution in [0.4, 0.5) is 15.8 Å². The van der Waals surface area contributed by atoms with Crippen LogP contribution in [0.3, 0.4) is 0 Å². The molecule has 1 saturated heterocycles. The number of aromatic carboxylic acids is 1. The molecule has 21 heavy (non-hydrogen) atoms. The van der Waals surface area contributed by atoms with E-state index in [4.69, 9.17) is 10.8 Å². The predicted molar refractivity (Wildman–Crippen MR) is 81.3 cm³/mol. The van der Waals surface area contributed by atoms with Gasteiger partial charge >= 0.3 is 5.97 Å². The lowest BCUT2D eigenvalue weighted by Gasteiger charge is -2.43. The van der Waals surface area contributed by atoms with Crippen molar-refractivity contribution < 1.29 is 14.3 Å². The number of nitrogens with zero attached hydrogens (tertiary/aromatic N) is 2. The van der Waals surface area contributed by atoms with E-state index in [9.17, 15) is 9.18 Å². The molecule has 0 spiro atoms. The topological polar surface area (TPSA) is 69.8 Å². The molecule has 1 heterocycles. The monoisotopic (exact) mass is 295 g/mol. The van der Waals surface area contributed by atoms with Crippen molar-refractivity contribution in [1.82, 2.24) is 4.90 Å². The minimum Gasteiger partial charge on any atom is -0.478 e. The minimum atomic E-state index is -1.30. The summed E-state index contributed by atoms with van der Waals surface area (Å²) in [7, 11) is 0. The fourth-order valence-electron chi connectivity index (χ4n) is 2.64. The van der Waals surface area contributed by atoms with Crippen molar-refractivity contribution in [3.63, 3.8) is 0 Å². The van der Waals surface area contributed by atoms with Gasteiger partial charge in [0.25, 0.3) is 0 Å². The Morgan fingerprint density at radius 1 is 1.24 bits per heavy atom. The van der Waals surface area contributed by atoms with Gasteiger partial charge in [0.15, 0.2) is 0 Å². The van der Waals surface area contributed by atoms with Gasteiger partial charge in [-0.25, -0.2) is 9.18 Å². The molecule has 5 nitrogen and oxygen atoms in total. The van der Waals surface area contributed by atoms with Crippen molar-refractivity contribution in [2.75, 3.05) is 36.8 Å². The Hall–Kier alpha value is -1.82. The quantitative estimate of drug-likeness (QED) is 0.817. The molecule has 1 aromatic carbocycles. The van der Waals surface area contributed by atoms with Crippen LogP contribution in [0, 0.1) is 5.82 Å². The maximum Gasteiger partial charge on any atom is 0.338 e. The van der Waals surface area contributed by atoms with Crippen molar-refractivity contribution >= 4 is 17.3 Å². The number of rotatable bonds is 2. The van der Waals surface area contributed by atoms with Crippen molar-refractivity contribution in [2.24, 2.45) is 0 Å². The first-order valence-corrected chi connectivity index (χ1v) is 7.02. The first kappa shape index (κ1) is 15.6. The molecule has 2 rings (SSSR count). The summed E-state index contributed by atoms with van der Waals surface area (Å²) in [6, 6.07) is 2.43. The summed E-state index contributed by atoms with van der Waals surface area (Å²) in [4.78, 5) is 15.3. The number of carbonyl (C=O) groups is 1. The van der Waals surface area contributed by atoms with Crippen molar-refractivity contribution in [3.05, 3.63) is 23.5 Å². The summed E-state index contributed by atoms with van der Waals surface area (Å²) in [6.45, 7) is 9.71. The minimum absolute atomic E-state index is 0.107. The zero-order valence-electron chi connectivity index (χ0n) is 12.7. The first-order valence-electron chi connectivity index (χ1n) is 7.02. The lowest BCUT2D eigenvalue weighted by molar-refractivity contribution is 0.0692. The third-order valence-electron chi connectivity index (χ3n) is 3.92. The summed E-state index contributed by atoms with van der Waals surface area (Å²) >= 11 is 0. The number of carboxylic acids is 1. The van der Waals surface area contributed by atoms with E-state index >= 15 is 0 Å². The van der Waals surface area contributed by atoms with Gasteiger partial charge in [-0.3, -0.25) is 4.90 Å². The number of carboxylic acid groups (broad SMARTS) is 1. The molecular formula is C15H22FN3O2. The van der Waals surface area contributed by atoms with Gasteiger partial charge in [0.05, 0.1) is 16.9 Å². The number of piperazine rings is 1. The Balaban J connectivity index is 2.18. The SMILES string of the molecule is CC(C)(C)N1CCN(c2cc(F)c(C(=O)O)cc2N)CC1. The van der Waals surface area contributed by atoms with Crippen LogP contribution >= 0.6 is 0 Å². The molecule has 3 N–H and O–H groups in total. The van der Waals surface area contributed by atoms with Crippen LogP contribution in [0.25, 0.3) is 0 Å². The molecule has 0 aromatic heterocycles. The molecule has 116 valence electrons. The Morgan fingerprint density at radius 2 is 1.81 bits per heavy atom. The Kier molecular flexibility index (Phi) is 4.09. The lowest BCUT2D eigenvalue weighted by atomic mass is 10.0. The second-order valence-corrected chi connectivity index (χ2v) is 6.34. The summed E-state index contributed by atoms with van der Waals surface area (Å²) in [5.74, 6) is -2.05. The van der Waals surface area contributed by atoms with Gasteiger partial charge in [0.1, 0.15) is 5.82 Å². The number of halogens is 1. The number of nitrogens with two attached hydrogens (primary N) is 1. The van der Waals surface area contributed by atoms with E-state index in [1.54, 1.807) is 0 Å². The number of anilines is 2. The Bertz CT molecular complexity index is 547. The summed E-state index contributed by atoms with van der Waals surface area (Å²) in [5.41, 5.74) is 6.50. The third-order valence-corrected chi connectivity index (χ3v) is 3.92. The molecule has 1 aliphatic heterocycles. The maximum atomic E-state index is 13.8. The van der Waals surface area contributed by atoms with Gasteiger partial charge < -0.3 is 15.7 Å². The van der Waals surface area contributed by atoms with Gasteiger partial charge in [0.2, 0.25) is 0 Å². The summed E-state index contributed by atoms with van der Waals surface area (Å²) < 4.78 is 13.8. The molecule has 0 saturated carbocycles. The Labute approximate surface area is 124 Å². The highest BCUT2D eigenvalue weighted by molar-refractivity contribution is 5.91. The summed E-state index contributed by atoms with van der Waals surface area (Å²) in [6.07, 6.45) is 0. The molecule has 1 aromatic rings. The Morgan fingerprint density at radius 3 is 2.29 bits per heavy atom. The van der Waals surface area contributed by atoms with Crippen LogP contribution in [0.2, 0.25) is 0 Å². The van der Waals surface area contributed by atoms with Crippen LogP contribution in [0.1, 0.15) is 31.1 Å². The molecule has 0 radical (unpaired) electrons. The molecule has 1 aliphatic rings. The molecule has 0 bridgehead atoms. The number of hydrogen-bond donors (Lipinski definition) is 2. The van der Waals surface area contributed by atoms with Gasteiger partial charge in [-0.05, 0) is 26.8 Å². The van der Waals surface area contributed by atoms with E-state index in [-0.39, 0.29) is 11.1 Å². The maximum absolute atomic E-state index is 13.8. The van der Waals surface area contributed by atoms with Crippen LogP contribution < -0.4 is 10.6 Å². The standard InChI is InChI=1S/C15H22FN3O2/c1-15(2,3)19-6-4-18(5-7-19)13-9-11(16)10(14(20)21)8-12(13)17/h8-9H,4-7,17H2,1-3H3,(H,20,21). The smallest absolute Gasteiger partial charge is 0.338 e. The fourth-order valence-corrected chi connectivity index (χ4v) is 2.64. The highest BCUT2D eigenvalue weighted by Crippen LogP contribution is 2.28. The highest BCUT2D eigenvalue weighted by atomic mass is 19.1. The average molecular weight is 295 g/mol. The van der Waals surface area contributed by atoms with Gasteiger partial charge in [-0.2, -0.15) is 0 Å². The van der Waals surface area contributed by atoms with Crippen LogP contribution in [-0.2, 0) is 0 Å². The van der Waals surface area contributed by atoms with Crippen LogP contribution in [-0.4, -0.2) is 47.7 Å². The second-order valence-electron chi connectivity index (χ2n) is 6.34. The molecule has 0 aliphatic carbocycles. The number of nitrogen functional groups attached to an aromatic ring is 1. The first-order chi connectivity index (χ1) is 9.70. The number of hydrogen-bond acceptors (Lipinski definition) is 4. The predicted octanol–water partition coefficient (Wildman–Crippen LogP) is 2.03. The molecule has 6 heteroatoms. The van der Waals surface area contributed by atoms with Crippen molar-refractivity contribution in [2.45, 2.75) is 26.3 Å². The normalized spacial score (nSPS) is 17.0. The number of benzene rings is 1. The molecule has 0 unspecified atom stereocenters. The van der Waals surface area contributed by atoms with Crippen LogP contribution in [0.5, 0.6) is 0 Å². The largest absolute Gasteiger partial charge is 0.478 e. The zero-order valence-corrected chi connectivity index (χ0v) is 12.7. The van der Waals surface area contributed by atoms with Crippen LogP contribution in [0.15, 0.2) is 12.1 Å². The van der Waals surface area contributed by atoms with Gasteiger partial charge in [0, 0.05) is 37.8 Å². The lowest BCUT2D eigenvalue weighted by Crippen LogP contribution is -2.53. The average Bonchev–Trinajstić information content (AvgIpc) is 2.40. The molecule has 0 amide bonds. The van der Waals surface area contributed by atoms with Crippen molar-refractivity contribution in [1.29, 1.82) is 0 Å². The van der Waals surface area contributed by atoms with E-state index in [1.165, 1.54) is 12.1 Å². The molecule has 0 atom stereocenters. The van der Waals surface area contributed by atoms with Crippen molar-refractivity contribution in [3.8, 4) is 0 Å². The van der Waals surface area contributed by atoms with E-state index in [0.717, 1.165) is 26.2 Å². The molecular weight excluding hydrogens is 273 g/mol. The second kappa shape index (κ2) is 5.52. The molecule has 1 fully saturated rings.